The van der Waals surface area contributed by atoms with Gasteiger partial charge in [-0.1, -0.05) is 31.2 Å². The first-order chi connectivity index (χ1) is 11.3. The van der Waals surface area contributed by atoms with Crippen LogP contribution in [-0.4, -0.2) is 59.3 Å². The summed E-state index contributed by atoms with van der Waals surface area (Å²) in [4.78, 5) is 16.2. The number of hydrogen-bond donors (Lipinski definition) is 2. The average molecular weight is 333 g/mol. The largest absolute Gasteiger partial charge is 0.389 e. The van der Waals surface area contributed by atoms with E-state index in [4.69, 9.17) is 0 Å². The van der Waals surface area contributed by atoms with Gasteiger partial charge in [0.15, 0.2) is 0 Å². The second-order valence-corrected chi connectivity index (χ2v) is 7.41. The Bertz CT molecular complexity index is 554. The van der Waals surface area contributed by atoms with Gasteiger partial charge < -0.3 is 15.3 Å². The van der Waals surface area contributed by atoms with Crippen molar-refractivity contribution < 1.29 is 9.90 Å². The van der Waals surface area contributed by atoms with E-state index in [1.165, 1.54) is 16.0 Å². The molecule has 2 N–H and O–H groups in total. The van der Waals surface area contributed by atoms with E-state index in [1.54, 1.807) is 20.9 Å². The van der Waals surface area contributed by atoms with Gasteiger partial charge in [0.25, 0.3) is 0 Å². The third-order valence-corrected chi connectivity index (χ3v) is 4.61. The van der Waals surface area contributed by atoms with Crippen molar-refractivity contribution >= 4 is 6.03 Å². The van der Waals surface area contributed by atoms with Crippen LogP contribution in [0.1, 0.15) is 38.3 Å². The van der Waals surface area contributed by atoms with Gasteiger partial charge in [0, 0.05) is 32.7 Å². The highest BCUT2D eigenvalue weighted by molar-refractivity contribution is 5.73. The van der Waals surface area contributed by atoms with Crippen molar-refractivity contribution in [3.63, 3.8) is 0 Å². The zero-order chi connectivity index (χ0) is 17.7. The zero-order valence-electron chi connectivity index (χ0n) is 15.4. The van der Waals surface area contributed by atoms with Gasteiger partial charge in [0.05, 0.1) is 12.1 Å². The zero-order valence-corrected chi connectivity index (χ0v) is 15.4. The molecule has 1 aromatic carbocycles. The molecule has 0 fully saturated rings. The molecule has 0 aliphatic carbocycles. The number of benzene rings is 1. The lowest BCUT2D eigenvalue weighted by Crippen LogP contribution is -2.50. The second kappa shape index (κ2) is 7.99. The topological polar surface area (TPSA) is 55.8 Å². The number of aliphatic hydroxyl groups is 1. The molecule has 1 aromatic rings. The van der Waals surface area contributed by atoms with Crippen LogP contribution < -0.4 is 5.32 Å². The van der Waals surface area contributed by atoms with Gasteiger partial charge in [0.2, 0.25) is 0 Å². The third-order valence-electron chi connectivity index (χ3n) is 4.61. The number of urea groups is 1. The third kappa shape index (κ3) is 5.21. The molecule has 5 nitrogen and oxygen atoms in total. The average Bonchev–Trinajstić information content (AvgIpc) is 2.53. The highest BCUT2D eigenvalue weighted by Crippen LogP contribution is 2.21. The van der Waals surface area contributed by atoms with Crippen molar-refractivity contribution in [2.45, 2.75) is 51.8 Å². The Hall–Kier alpha value is -1.59. The molecule has 2 amide bonds. The highest BCUT2D eigenvalue weighted by Gasteiger charge is 2.24. The molecule has 0 aromatic heterocycles. The summed E-state index contributed by atoms with van der Waals surface area (Å²) >= 11 is 0. The fourth-order valence-electron chi connectivity index (χ4n) is 3.35. The summed E-state index contributed by atoms with van der Waals surface area (Å²) in [7, 11) is 1.71. The van der Waals surface area contributed by atoms with Gasteiger partial charge in [-0.25, -0.2) is 4.79 Å². The van der Waals surface area contributed by atoms with Gasteiger partial charge in [-0.2, -0.15) is 0 Å². The van der Waals surface area contributed by atoms with Gasteiger partial charge in [-0.15, -0.1) is 0 Å². The molecule has 134 valence electrons. The van der Waals surface area contributed by atoms with Crippen molar-refractivity contribution in [2.24, 2.45) is 0 Å². The van der Waals surface area contributed by atoms with Crippen LogP contribution >= 0.6 is 0 Å². The van der Waals surface area contributed by atoms with E-state index in [-0.39, 0.29) is 6.03 Å². The highest BCUT2D eigenvalue weighted by atomic mass is 16.3. The number of hydrogen-bond acceptors (Lipinski definition) is 3. The smallest absolute Gasteiger partial charge is 0.317 e. The summed E-state index contributed by atoms with van der Waals surface area (Å²) in [5.74, 6) is 0. The monoisotopic (exact) mass is 333 g/mol. The summed E-state index contributed by atoms with van der Waals surface area (Å²) < 4.78 is 0. The van der Waals surface area contributed by atoms with E-state index >= 15 is 0 Å². The van der Waals surface area contributed by atoms with E-state index < -0.39 is 5.60 Å². The molecule has 1 atom stereocenters. The lowest BCUT2D eigenvalue weighted by Gasteiger charge is -2.35. The van der Waals surface area contributed by atoms with Crippen molar-refractivity contribution in [1.29, 1.82) is 0 Å². The number of nitrogens with zero attached hydrogens (tertiary/aromatic N) is 2. The van der Waals surface area contributed by atoms with Crippen LogP contribution in [0, 0.1) is 0 Å². The Balaban J connectivity index is 1.88. The van der Waals surface area contributed by atoms with E-state index in [9.17, 15) is 9.90 Å². The summed E-state index contributed by atoms with van der Waals surface area (Å²) in [5.41, 5.74) is 1.96. The Morgan fingerprint density at radius 1 is 1.38 bits per heavy atom. The summed E-state index contributed by atoms with van der Waals surface area (Å²) in [6, 6.07) is 8.80. The SMILES string of the molecule is CCC(CNC(=O)N(C)CC(C)(C)O)N1CCc2ccccc2C1. The van der Waals surface area contributed by atoms with Crippen LogP contribution in [0.5, 0.6) is 0 Å². The maximum atomic E-state index is 12.2. The molecule has 1 aliphatic rings. The molecule has 0 spiro atoms. The Morgan fingerprint density at radius 2 is 2.04 bits per heavy atom. The van der Waals surface area contributed by atoms with Crippen LogP contribution in [0.15, 0.2) is 24.3 Å². The number of amides is 2. The lowest BCUT2D eigenvalue weighted by atomic mass is 9.98. The molecular formula is C19H31N3O2. The van der Waals surface area contributed by atoms with Gasteiger partial charge in [-0.3, -0.25) is 4.90 Å². The Kier molecular flexibility index (Phi) is 6.24. The minimum atomic E-state index is -0.882. The fourth-order valence-corrected chi connectivity index (χ4v) is 3.35. The molecule has 0 bridgehead atoms. The molecule has 24 heavy (non-hydrogen) atoms. The van der Waals surface area contributed by atoms with Gasteiger partial charge >= 0.3 is 6.03 Å². The first-order valence-corrected chi connectivity index (χ1v) is 8.82. The first kappa shape index (κ1) is 18.7. The minimum Gasteiger partial charge on any atom is -0.389 e. The quantitative estimate of drug-likeness (QED) is 0.839. The van der Waals surface area contributed by atoms with Crippen LogP contribution in [0.25, 0.3) is 0 Å². The maximum Gasteiger partial charge on any atom is 0.317 e. The number of nitrogens with one attached hydrogen (secondary N) is 1. The van der Waals surface area contributed by atoms with E-state index in [1.807, 2.05) is 0 Å². The van der Waals surface area contributed by atoms with E-state index in [0.29, 0.717) is 19.1 Å². The molecule has 1 aliphatic heterocycles. The molecule has 0 saturated heterocycles. The molecular weight excluding hydrogens is 302 g/mol. The normalized spacial score (nSPS) is 16.4. The molecule has 5 heteroatoms. The fraction of sp³-hybridized carbons (Fsp3) is 0.632. The van der Waals surface area contributed by atoms with E-state index in [2.05, 4.69) is 41.4 Å². The predicted octanol–water partition coefficient (Wildman–Crippen LogP) is 2.24. The van der Waals surface area contributed by atoms with Crippen LogP contribution in [0.3, 0.4) is 0 Å². The summed E-state index contributed by atoms with van der Waals surface area (Å²) in [6.45, 7) is 8.50. The van der Waals surface area contributed by atoms with E-state index in [0.717, 1.165) is 25.9 Å². The Labute approximate surface area is 145 Å². The number of carbonyl (C=O) groups excluding carboxylic acids is 1. The van der Waals surface area contributed by atoms with Crippen molar-refractivity contribution in [2.75, 3.05) is 26.7 Å². The van der Waals surface area contributed by atoms with Gasteiger partial charge in [-0.05, 0) is 37.8 Å². The second-order valence-electron chi connectivity index (χ2n) is 7.41. The first-order valence-electron chi connectivity index (χ1n) is 8.82. The number of fused-ring (bicyclic) bond motifs is 1. The maximum absolute atomic E-state index is 12.2. The van der Waals surface area contributed by atoms with Crippen molar-refractivity contribution in [3.05, 3.63) is 35.4 Å². The molecule has 0 radical (unpaired) electrons. The van der Waals surface area contributed by atoms with Crippen molar-refractivity contribution in [3.8, 4) is 0 Å². The van der Waals surface area contributed by atoms with Gasteiger partial charge in [0.1, 0.15) is 0 Å². The van der Waals surface area contributed by atoms with Crippen LogP contribution in [-0.2, 0) is 13.0 Å². The Morgan fingerprint density at radius 3 is 2.67 bits per heavy atom. The molecule has 0 saturated carbocycles. The summed E-state index contributed by atoms with van der Waals surface area (Å²) in [6.07, 6.45) is 2.07. The summed E-state index contributed by atoms with van der Waals surface area (Å²) in [5, 5.41) is 12.8. The van der Waals surface area contributed by atoms with Crippen LogP contribution in [0.4, 0.5) is 4.79 Å². The molecule has 1 heterocycles. The number of rotatable bonds is 6. The van der Waals surface area contributed by atoms with Crippen molar-refractivity contribution in [1.82, 2.24) is 15.1 Å². The standard InChI is InChI=1S/C19H31N3O2/c1-5-17(12-20-18(23)21(4)14-19(2,3)24)22-11-10-15-8-6-7-9-16(15)13-22/h6-9,17,24H,5,10-14H2,1-4H3,(H,20,23). The molecule has 2 rings (SSSR count). The number of likely N-dealkylation sites (N-methyl/N-ethyl adjacent to an activating group) is 1. The van der Waals surface area contributed by atoms with Crippen LogP contribution in [0.2, 0.25) is 0 Å². The molecule has 1 unspecified atom stereocenters. The number of carbonyl (C=O) groups is 1. The minimum absolute atomic E-state index is 0.131. The predicted molar refractivity (Wildman–Crippen MR) is 97.0 cm³/mol. The lowest BCUT2D eigenvalue weighted by molar-refractivity contribution is 0.0527.